The second-order valence-electron chi connectivity index (χ2n) is 8.18. The third-order valence-electron chi connectivity index (χ3n) is 5.36. The van der Waals surface area contributed by atoms with Crippen LogP contribution in [0.25, 0.3) is 0 Å². The Bertz CT molecular complexity index is 1030. The van der Waals surface area contributed by atoms with E-state index >= 15 is 0 Å². The van der Waals surface area contributed by atoms with E-state index in [1.165, 1.54) is 5.56 Å². The predicted octanol–water partition coefficient (Wildman–Crippen LogP) is 4.93. The van der Waals surface area contributed by atoms with E-state index in [1.807, 2.05) is 37.3 Å². The number of hydrogen-bond acceptors (Lipinski definition) is 4. The van der Waals surface area contributed by atoms with E-state index < -0.39 is 10.8 Å². The number of hydrogen-bond donors (Lipinski definition) is 1. The zero-order valence-corrected chi connectivity index (χ0v) is 19.9. The molecule has 0 unspecified atom stereocenters. The van der Waals surface area contributed by atoms with Crippen molar-refractivity contribution in [3.8, 4) is 0 Å². The van der Waals surface area contributed by atoms with E-state index in [-0.39, 0.29) is 17.4 Å². The summed E-state index contributed by atoms with van der Waals surface area (Å²) >= 11 is 0. The smallest absolute Gasteiger partial charge is 0.286 e. The van der Waals surface area contributed by atoms with Crippen LogP contribution in [-0.2, 0) is 23.1 Å². The maximum Gasteiger partial charge on any atom is 0.286 e. The lowest BCUT2D eigenvalue weighted by molar-refractivity contribution is 0.0921. The summed E-state index contributed by atoms with van der Waals surface area (Å²) < 4.78 is 18.3. The van der Waals surface area contributed by atoms with Crippen LogP contribution in [0.3, 0.4) is 0 Å². The highest BCUT2D eigenvalue weighted by Gasteiger charge is 2.15. The van der Waals surface area contributed by atoms with Crippen molar-refractivity contribution in [3.63, 3.8) is 0 Å². The summed E-state index contributed by atoms with van der Waals surface area (Å²) in [4.78, 5) is 15.6. The number of nitrogens with zero attached hydrogens (tertiary/aromatic N) is 1. The molecule has 0 saturated carbocycles. The second-order valence-corrected chi connectivity index (χ2v) is 9.60. The Morgan fingerprint density at radius 2 is 1.75 bits per heavy atom. The van der Waals surface area contributed by atoms with Gasteiger partial charge in [0, 0.05) is 30.6 Å². The molecule has 32 heavy (non-hydrogen) atoms. The average Bonchev–Trinajstić information content (AvgIpc) is 3.25. The lowest BCUT2D eigenvalue weighted by atomic mass is 10.2. The van der Waals surface area contributed by atoms with Gasteiger partial charge >= 0.3 is 0 Å². The summed E-state index contributed by atoms with van der Waals surface area (Å²) in [7, 11) is -1.21. The molecule has 1 amide bonds. The van der Waals surface area contributed by atoms with Crippen molar-refractivity contribution in [3.05, 3.63) is 89.4 Å². The molecule has 0 aliphatic heterocycles. The first-order chi connectivity index (χ1) is 15.4. The van der Waals surface area contributed by atoms with Gasteiger partial charge in [0.25, 0.3) is 5.91 Å². The van der Waals surface area contributed by atoms with Crippen molar-refractivity contribution in [2.24, 2.45) is 0 Å². The Morgan fingerprint density at radius 3 is 2.47 bits per heavy atom. The number of carbonyl (C=O) groups excluding carboxylic acids is 1. The Hall–Kier alpha value is -2.70. The highest BCUT2D eigenvalue weighted by Crippen LogP contribution is 2.18. The van der Waals surface area contributed by atoms with E-state index in [9.17, 15) is 9.00 Å². The van der Waals surface area contributed by atoms with Gasteiger partial charge in [-0.1, -0.05) is 48.5 Å². The lowest BCUT2D eigenvalue weighted by Crippen LogP contribution is -2.34. The average molecular weight is 453 g/mol. The topological polar surface area (TPSA) is 62.6 Å². The van der Waals surface area contributed by atoms with Gasteiger partial charge in [0.05, 0.1) is 16.6 Å². The van der Waals surface area contributed by atoms with Gasteiger partial charge < -0.3 is 9.73 Å². The molecule has 0 saturated heterocycles. The first-order valence-corrected chi connectivity index (χ1v) is 12.3. The molecule has 3 rings (SSSR count). The molecule has 1 N–H and O–H groups in total. The summed E-state index contributed by atoms with van der Waals surface area (Å²) in [5, 5.41) is 2.93. The van der Waals surface area contributed by atoms with Crippen molar-refractivity contribution < 1.29 is 13.4 Å². The minimum absolute atomic E-state index is 0.239. The van der Waals surface area contributed by atoms with Crippen molar-refractivity contribution in [2.45, 2.75) is 50.4 Å². The molecule has 1 heterocycles. The summed E-state index contributed by atoms with van der Waals surface area (Å²) in [5.41, 5.74) is 2.27. The number of nitrogens with one attached hydrogen (secondary N) is 1. The molecule has 1 aromatic heterocycles. The molecular formula is C26H32N2O3S. The molecule has 0 fully saturated rings. The summed E-state index contributed by atoms with van der Waals surface area (Å²) in [6.45, 7) is 8.67. The number of carbonyl (C=O) groups is 1. The Kier molecular flexibility index (Phi) is 8.82. The maximum atomic E-state index is 12.6. The Morgan fingerprint density at radius 1 is 1.03 bits per heavy atom. The van der Waals surface area contributed by atoms with Gasteiger partial charge in [0.15, 0.2) is 5.76 Å². The molecule has 3 aromatic rings. The lowest BCUT2D eigenvalue weighted by Gasteiger charge is -2.26. The van der Waals surface area contributed by atoms with Gasteiger partial charge in [-0.15, -0.1) is 0 Å². The van der Waals surface area contributed by atoms with E-state index in [2.05, 4.69) is 48.3 Å². The molecule has 0 bridgehead atoms. The van der Waals surface area contributed by atoms with Crippen LogP contribution in [0.2, 0.25) is 0 Å². The Balaban J connectivity index is 1.45. The zero-order chi connectivity index (χ0) is 22.9. The zero-order valence-electron chi connectivity index (χ0n) is 19.0. The van der Waals surface area contributed by atoms with Gasteiger partial charge in [-0.3, -0.25) is 13.9 Å². The molecular weight excluding hydrogens is 420 g/mol. The summed E-state index contributed by atoms with van der Waals surface area (Å²) in [6, 6.07) is 21.8. The van der Waals surface area contributed by atoms with Gasteiger partial charge in [0.2, 0.25) is 0 Å². The van der Waals surface area contributed by atoms with Crippen molar-refractivity contribution in [1.29, 1.82) is 0 Å². The first-order valence-electron chi connectivity index (χ1n) is 11.0. The van der Waals surface area contributed by atoms with Gasteiger partial charge in [-0.25, -0.2) is 0 Å². The molecule has 0 radical (unpaired) electrons. The standard InChI is InChI=1S/C26H32N2O3S/c1-20(2)28(18-22-11-5-4-6-12-22)17-9-16-27-26(29)24-15-14-23(31-24)19-32(30)25-13-8-7-10-21(25)3/h4-8,10-15,20H,9,16-19H2,1-3H3,(H,27,29)/t32-/m1/s1. The van der Waals surface area contributed by atoms with Crippen LogP contribution < -0.4 is 5.32 Å². The fraction of sp³-hybridized carbons (Fsp3) is 0.346. The van der Waals surface area contributed by atoms with Gasteiger partial charge in [-0.05, 0) is 56.5 Å². The number of aryl methyl sites for hydroxylation is 1. The molecule has 2 aromatic carbocycles. The van der Waals surface area contributed by atoms with Gasteiger partial charge in [-0.2, -0.15) is 0 Å². The maximum absolute atomic E-state index is 12.6. The summed E-state index contributed by atoms with van der Waals surface area (Å²) in [6.07, 6.45) is 0.849. The van der Waals surface area contributed by atoms with E-state index in [4.69, 9.17) is 4.42 Å². The minimum atomic E-state index is -1.21. The molecule has 0 aliphatic rings. The SMILES string of the molecule is Cc1ccccc1[S@](=O)Cc1ccc(C(=O)NCCCN(Cc2ccccc2)C(C)C)o1. The van der Waals surface area contributed by atoms with E-state index in [1.54, 1.807) is 12.1 Å². The van der Waals surface area contributed by atoms with Crippen LogP contribution in [0.4, 0.5) is 0 Å². The van der Waals surface area contributed by atoms with Crippen LogP contribution in [0.1, 0.15) is 47.7 Å². The molecule has 0 spiro atoms. The van der Waals surface area contributed by atoms with Crippen LogP contribution >= 0.6 is 0 Å². The fourth-order valence-corrected chi connectivity index (χ4v) is 4.73. The highest BCUT2D eigenvalue weighted by atomic mass is 32.2. The summed E-state index contributed by atoms with van der Waals surface area (Å²) in [5.74, 6) is 0.815. The highest BCUT2D eigenvalue weighted by molar-refractivity contribution is 7.84. The largest absolute Gasteiger partial charge is 0.455 e. The fourth-order valence-electron chi connectivity index (χ4n) is 3.51. The normalized spacial score (nSPS) is 12.3. The predicted molar refractivity (Wildman–Crippen MR) is 129 cm³/mol. The van der Waals surface area contributed by atoms with E-state index in [0.717, 1.165) is 30.0 Å². The quantitative estimate of drug-likeness (QED) is 0.419. The molecule has 6 heteroatoms. The molecule has 170 valence electrons. The van der Waals surface area contributed by atoms with Crippen LogP contribution in [0.5, 0.6) is 0 Å². The first kappa shape index (κ1) is 24.0. The van der Waals surface area contributed by atoms with Crippen molar-refractivity contribution in [2.75, 3.05) is 13.1 Å². The second kappa shape index (κ2) is 11.8. The minimum Gasteiger partial charge on any atom is -0.455 e. The number of amides is 1. The van der Waals surface area contributed by atoms with Crippen LogP contribution in [-0.4, -0.2) is 34.1 Å². The van der Waals surface area contributed by atoms with E-state index in [0.29, 0.717) is 18.3 Å². The number of furan rings is 1. The third-order valence-corrected chi connectivity index (χ3v) is 6.86. The van der Waals surface area contributed by atoms with Crippen molar-refractivity contribution in [1.82, 2.24) is 10.2 Å². The number of rotatable bonds is 11. The molecule has 5 nitrogen and oxygen atoms in total. The van der Waals surface area contributed by atoms with Crippen LogP contribution in [0, 0.1) is 6.92 Å². The van der Waals surface area contributed by atoms with Crippen molar-refractivity contribution >= 4 is 16.7 Å². The third kappa shape index (κ3) is 6.90. The number of benzene rings is 2. The van der Waals surface area contributed by atoms with Crippen LogP contribution in [0.15, 0.2) is 76.0 Å². The molecule has 1 atom stereocenters. The molecule has 0 aliphatic carbocycles. The Labute approximate surface area is 193 Å². The monoisotopic (exact) mass is 452 g/mol. The van der Waals surface area contributed by atoms with Gasteiger partial charge in [0.1, 0.15) is 5.76 Å².